The van der Waals surface area contributed by atoms with Crippen LogP contribution in [0.3, 0.4) is 0 Å². The van der Waals surface area contributed by atoms with Crippen LogP contribution in [-0.2, 0) is 6.42 Å². The Balaban J connectivity index is 1.97. The fourth-order valence-electron chi connectivity index (χ4n) is 2.52. The molecule has 0 amide bonds. The molecule has 1 fully saturated rings. The van der Waals surface area contributed by atoms with Crippen LogP contribution in [0.5, 0.6) is 0 Å². The molecule has 0 saturated heterocycles. The van der Waals surface area contributed by atoms with Gasteiger partial charge in [0.25, 0.3) is 0 Å². The van der Waals surface area contributed by atoms with Crippen molar-refractivity contribution in [2.24, 2.45) is 5.92 Å². The van der Waals surface area contributed by atoms with E-state index in [0.29, 0.717) is 11.7 Å². The summed E-state index contributed by atoms with van der Waals surface area (Å²) in [7, 11) is 0. The predicted octanol–water partition coefficient (Wildman–Crippen LogP) is 4.01. The third-order valence-electron chi connectivity index (χ3n) is 3.63. The molecule has 0 spiro atoms. The molecule has 1 aliphatic rings. The van der Waals surface area contributed by atoms with Gasteiger partial charge in [-0.3, -0.25) is 4.79 Å². The molecule has 1 nitrogen and oxygen atoms in total. The Kier molecular flexibility index (Phi) is 3.76. The molecule has 0 atom stereocenters. The van der Waals surface area contributed by atoms with Crippen molar-refractivity contribution in [3.63, 3.8) is 0 Å². The molecule has 0 radical (unpaired) electrons. The van der Waals surface area contributed by atoms with E-state index in [1.807, 2.05) is 12.1 Å². The highest BCUT2D eigenvalue weighted by Gasteiger charge is 2.18. The minimum atomic E-state index is 0.328. The van der Waals surface area contributed by atoms with Gasteiger partial charge in [-0.2, -0.15) is 0 Å². The van der Waals surface area contributed by atoms with Gasteiger partial charge in [0, 0.05) is 12.0 Å². The highest BCUT2D eigenvalue weighted by molar-refractivity contribution is 5.96. The van der Waals surface area contributed by atoms with Crippen molar-refractivity contribution in [2.75, 3.05) is 0 Å². The maximum Gasteiger partial charge on any atom is 0.163 e. The van der Waals surface area contributed by atoms with Crippen LogP contribution < -0.4 is 0 Å². The topological polar surface area (TPSA) is 17.1 Å². The van der Waals surface area contributed by atoms with Crippen molar-refractivity contribution in [2.45, 2.75) is 45.4 Å². The normalized spacial score (nSPS) is 16.6. The first-order chi connectivity index (χ1) is 7.79. The average Bonchev–Trinajstić information content (AvgIpc) is 2.82. The van der Waals surface area contributed by atoms with Gasteiger partial charge in [0.05, 0.1) is 0 Å². The van der Waals surface area contributed by atoms with Crippen LogP contribution in [-0.4, -0.2) is 5.78 Å². The molecule has 16 heavy (non-hydrogen) atoms. The van der Waals surface area contributed by atoms with E-state index in [1.54, 1.807) is 0 Å². The molecule has 0 heterocycles. The van der Waals surface area contributed by atoms with E-state index in [0.717, 1.165) is 18.4 Å². The Morgan fingerprint density at radius 1 is 1.19 bits per heavy atom. The Bertz CT molecular complexity index is 344. The van der Waals surface area contributed by atoms with Gasteiger partial charge in [0.15, 0.2) is 5.78 Å². The molecule has 1 aromatic rings. The lowest BCUT2D eigenvalue weighted by Gasteiger charge is -2.07. The van der Waals surface area contributed by atoms with Crippen molar-refractivity contribution in [3.05, 3.63) is 35.4 Å². The summed E-state index contributed by atoms with van der Waals surface area (Å²) in [4.78, 5) is 12.0. The smallest absolute Gasteiger partial charge is 0.163 e. The number of rotatable bonds is 4. The number of carbonyl (C=O) groups is 1. The molecule has 0 N–H and O–H groups in total. The lowest BCUT2D eigenvalue weighted by Crippen LogP contribution is -2.05. The first-order valence-electron chi connectivity index (χ1n) is 6.41. The van der Waals surface area contributed by atoms with Gasteiger partial charge in [-0.1, -0.05) is 56.9 Å². The number of carbonyl (C=O) groups excluding carboxylic acids is 1. The molecule has 1 aromatic carbocycles. The Morgan fingerprint density at radius 3 is 2.38 bits per heavy atom. The predicted molar refractivity (Wildman–Crippen MR) is 66.7 cm³/mol. The molecule has 0 unspecified atom stereocenters. The molecular formula is C15H20O. The van der Waals surface area contributed by atoms with Gasteiger partial charge in [0.1, 0.15) is 0 Å². The quantitative estimate of drug-likeness (QED) is 0.695. The summed E-state index contributed by atoms with van der Waals surface area (Å²) in [6, 6.07) is 8.11. The maximum absolute atomic E-state index is 12.0. The zero-order valence-corrected chi connectivity index (χ0v) is 10.0. The summed E-state index contributed by atoms with van der Waals surface area (Å²) in [6.07, 6.45) is 6.92. The summed E-state index contributed by atoms with van der Waals surface area (Å²) < 4.78 is 0. The van der Waals surface area contributed by atoms with E-state index < -0.39 is 0 Å². The second-order valence-corrected chi connectivity index (χ2v) is 4.83. The number of hydrogen-bond donors (Lipinski definition) is 0. The second-order valence-electron chi connectivity index (χ2n) is 4.83. The van der Waals surface area contributed by atoms with Gasteiger partial charge in [-0.05, 0) is 17.9 Å². The standard InChI is InChI=1S/C15H20O/c1-2-12-7-9-14(10-8-12)15(16)11-13-5-3-4-6-13/h7-10,13H,2-6,11H2,1H3. The van der Waals surface area contributed by atoms with Crippen LogP contribution in [0.4, 0.5) is 0 Å². The molecule has 86 valence electrons. The van der Waals surface area contributed by atoms with Crippen molar-refractivity contribution in [1.29, 1.82) is 0 Å². The van der Waals surface area contributed by atoms with Crippen LogP contribution in [0, 0.1) is 5.92 Å². The largest absolute Gasteiger partial charge is 0.294 e. The zero-order valence-electron chi connectivity index (χ0n) is 10.0. The van der Waals surface area contributed by atoms with Crippen molar-refractivity contribution < 1.29 is 4.79 Å². The van der Waals surface area contributed by atoms with Gasteiger partial charge < -0.3 is 0 Å². The van der Waals surface area contributed by atoms with E-state index in [9.17, 15) is 4.79 Å². The molecular weight excluding hydrogens is 196 g/mol. The summed E-state index contributed by atoms with van der Waals surface area (Å²) in [5.74, 6) is 0.980. The van der Waals surface area contributed by atoms with Gasteiger partial charge in [-0.25, -0.2) is 0 Å². The summed E-state index contributed by atoms with van der Waals surface area (Å²) in [6.45, 7) is 2.13. The SMILES string of the molecule is CCc1ccc(C(=O)CC2CCCC2)cc1. The molecule has 0 bridgehead atoms. The van der Waals surface area contributed by atoms with Crippen LogP contribution in [0.2, 0.25) is 0 Å². The number of ketones is 1. The number of Topliss-reactive ketones (excluding diaryl/α,β-unsaturated/α-hetero) is 1. The number of aryl methyl sites for hydroxylation is 1. The number of benzene rings is 1. The lowest BCUT2D eigenvalue weighted by molar-refractivity contribution is 0.0962. The molecule has 1 saturated carbocycles. The van der Waals surface area contributed by atoms with Gasteiger partial charge in [0.2, 0.25) is 0 Å². The maximum atomic E-state index is 12.0. The van der Waals surface area contributed by atoms with Crippen LogP contribution in [0.25, 0.3) is 0 Å². The molecule has 1 heteroatoms. The summed E-state index contributed by atoms with van der Waals surface area (Å²) in [5.41, 5.74) is 2.20. The monoisotopic (exact) mass is 216 g/mol. The fraction of sp³-hybridized carbons (Fsp3) is 0.533. The average molecular weight is 216 g/mol. The van der Waals surface area contributed by atoms with E-state index in [1.165, 1.54) is 31.2 Å². The van der Waals surface area contributed by atoms with E-state index in [-0.39, 0.29) is 0 Å². The highest BCUT2D eigenvalue weighted by Crippen LogP contribution is 2.28. The minimum absolute atomic E-state index is 0.328. The van der Waals surface area contributed by atoms with E-state index >= 15 is 0 Å². The molecule has 2 rings (SSSR count). The zero-order chi connectivity index (χ0) is 11.4. The molecule has 0 aromatic heterocycles. The first-order valence-corrected chi connectivity index (χ1v) is 6.41. The van der Waals surface area contributed by atoms with E-state index in [4.69, 9.17) is 0 Å². The van der Waals surface area contributed by atoms with Gasteiger partial charge >= 0.3 is 0 Å². The number of hydrogen-bond acceptors (Lipinski definition) is 1. The third kappa shape index (κ3) is 2.72. The first kappa shape index (κ1) is 11.4. The molecule has 0 aliphatic heterocycles. The third-order valence-corrected chi connectivity index (χ3v) is 3.63. The van der Waals surface area contributed by atoms with Crippen molar-refractivity contribution in [3.8, 4) is 0 Å². The second kappa shape index (κ2) is 5.29. The van der Waals surface area contributed by atoms with Crippen LogP contribution >= 0.6 is 0 Å². The Hall–Kier alpha value is -1.11. The lowest BCUT2D eigenvalue weighted by atomic mass is 9.96. The minimum Gasteiger partial charge on any atom is -0.294 e. The Labute approximate surface area is 97.9 Å². The summed E-state index contributed by atoms with van der Waals surface area (Å²) >= 11 is 0. The molecule has 1 aliphatic carbocycles. The van der Waals surface area contributed by atoms with E-state index in [2.05, 4.69) is 19.1 Å². The van der Waals surface area contributed by atoms with Gasteiger partial charge in [-0.15, -0.1) is 0 Å². The van der Waals surface area contributed by atoms with Crippen molar-refractivity contribution >= 4 is 5.78 Å². The van der Waals surface area contributed by atoms with Crippen LogP contribution in [0.15, 0.2) is 24.3 Å². The van der Waals surface area contributed by atoms with Crippen LogP contribution in [0.1, 0.15) is 54.9 Å². The fourth-order valence-corrected chi connectivity index (χ4v) is 2.52. The highest BCUT2D eigenvalue weighted by atomic mass is 16.1. The Morgan fingerprint density at radius 2 is 1.81 bits per heavy atom. The van der Waals surface area contributed by atoms with Crippen molar-refractivity contribution in [1.82, 2.24) is 0 Å². The summed E-state index contributed by atoms with van der Waals surface area (Å²) in [5, 5.41) is 0.